The Balaban J connectivity index is 0.000000671. The van der Waals surface area contributed by atoms with Crippen molar-refractivity contribution in [2.75, 3.05) is 7.11 Å². The highest BCUT2D eigenvalue weighted by Gasteiger charge is 2.02. The largest absolute Gasteiger partial charge is 0.400 e. The molecule has 0 aromatic heterocycles. The van der Waals surface area contributed by atoms with Gasteiger partial charge in [0.1, 0.15) is 0 Å². The lowest BCUT2D eigenvalue weighted by Crippen LogP contribution is -2.55. The van der Waals surface area contributed by atoms with Gasteiger partial charge in [-0.05, 0) is 6.92 Å². The molecule has 4 nitrogen and oxygen atoms in total. The van der Waals surface area contributed by atoms with Gasteiger partial charge in [-0.15, -0.1) is 0 Å². The first-order valence-corrected chi connectivity index (χ1v) is 3.68. The number of hydrogen-bond acceptors (Lipinski definition) is 3. The van der Waals surface area contributed by atoms with Crippen molar-refractivity contribution >= 4 is 11.5 Å². The second-order valence-electron chi connectivity index (χ2n) is 2.24. The van der Waals surface area contributed by atoms with E-state index in [0.717, 1.165) is 7.11 Å². The van der Waals surface area contributed by atoms with E-state index in [2.05, 4.69) is 0 Å². The van der Waals surface area contributed by atoms with Crippen LogP contribution in [-0.4, -0.2) is 18.0 Å². The standard InChI is InChI=1S/C8H7NO2.CH4O/c1-6(10)7-3-2-4-8(5-7)9-11;1-2/h2-5H,1H3;2H,1H3/p+1. The molecular weight excluding hydrogens is 170 g/mol. The van der Waals surface area contributed by atoms with Gasteiger partial charge < -0.3 is 5.11 Å². The highest BCUT2D eigenvalue weighted by Crippen LogP contribution is 2.04. The molecule has 0 radical (unpaired) electrons. The van der Waals surface area contributed by atoms with Crippen molar-refractivity contribution < 1.29 is 15.1 Å². The van der Waals surface area contributed by atoms with E-state index in [1.54, 1.807) is 23.4 Å². The smallest absolute Gasteiger partial charge is 0.254 e. The third-order valence-electron chi connectivity index (χ3n) is 1.39. The van der Waals surface area contributed by atoms with Gasteiger partial charge in [0.05, 0.1) is 0 Å². The van der Waals surface area contributed by atoms with E-state index in [1.165, 1.54) is 13.0 Å². The van der Waals surface area contributed by atoms with Crippen molar-refractivity contribution in [2.45, 2.75) is 6.92 Å². The Bertz CT molecular complexity index is 297. The summed E-state index contributed by atoms with van der Waals surface area (Å²) in [5.41, 5.74) is 0.962. The van der Waals surface area contributed by atoms with Crippen LogP contribution in [0.15, 0.2) is 24.3 Å². The minimum atomic E-state index is -0.0397. The average molecular weight is 182 g/mol. The highest BCUT2D eigenvalue weighted by atomic mass is 16.3. The van der Waals surface area contributed by atoms with Gasteiger partial charge in [-0.1, -0.05) is 12.1 Å². The van der Waals surface area contributed by atoms with E-state index in [4.69, 9.17) is 5.11 Å². The molecule has 4 heteroatoms. The molecule has 0 saturated heterocycles. The van der Waals surface area contributed by atoms with E-state index in [0.29, 0.717) is 11.3 Å². The van der Waals surface area contributed by atoms with E-state index in [-0.39, 0.29) is 5.78 Å². The fraction of sp³-hybridized carbons (Fsp3) is 0.222. The minimum absolute atomic E-state index is 0.0397. The number of nitroso groups, excluding NO2 is 1. The van der Waals surface area contributed by atoms with Gasteiger partial charge in [-0.3, -0.25) is 4.79 Å². The molecule has 0 saturated carbocycles. The van der Waals surface area contributed by atoms with Gasteiger partial charge in [-0.2, -0.15) is 0 Å². The average Bonchev–Trinajstić information content (AvgIpc) is 2.21. The summed E-state index contributed by atoms with van der Waals surface area (Å²) in [6.45, 7) is 1.46. The fourth-order valence-corrected chi connectivity index (χ4v) is 0.802. The lowest BCUT2D eigenvalue weighted by molar-refractivity contribution is -0.379. The van der Waals surface area contributed by atoms with Crippen LogP contribution in [-0.2, 0) is 0 Å². The summed E-state index contributed by atoms with van der Waals surface area (Å²) < 4.78 is 0. The number of aliphatic hydroxyl groups is 1. The number of ketones is 1. The Kier molecular flexibility index (Phi) is 5.30. The molecule has 0 amide bonds. The molecule has 1 rings (SSSR count). The Hall–Kier alpha value is -1.55. The second-order valence-corrected chi connectivity index (χ2v) is 2.24. The normalized spacial score (nSPS) is 8.23. The molecular formula is C9H12NO3+. The molecule has 70 valence electrons. The molecule has 13 heavy (non-hydrogen) atoms. The van der Waals surface area contributed by atoms with Gasteiger partial charge in [0.2, 0.25) is 0 Å². The van der Waals surface area contributed by atoms with Crippen LogP contribution in [0.2, 0.25) is 0 Å². The van der Waals surface area contributed by atoms with Crippen molar-refractivity contribution in [1.29, 1.82) is 0 Å². The molecule has 0 unspecified atom stereocenters. The van der Waals surface area contributed by atoms with Crippen LogP contribution in [0.25, 0.3) is 0 Å². The predicted molar refractivity (Wildman–Crippen MR) is 48.6 cm³/mol. The van der Waals surface area contributed by atoms with Crippen molar-refractivity contribution in [3.63, 3.8) is 0 Å². The molecule has 0 spiro atoms. The molecule has 1 aromatic carbocycles. The highest BCUT2D eigenvalue weighted by molar-refractivity contribution is 5.94. The number of Topliss-reactive ketones (excluding diaryl/α,β-unsaturated/α-hetero) is 1. The molecule has 0 bridgehead atoms. The van der Waals surface area contributed by atoms with Crippen LogP contribution in [0.3, 0.4) is 0 Å². The number of carbonyl (C=O) groups excluding carboxylic acids is 1. The number of aliphatic hydroxyl groups excluding tert-OH is 1. The third-order valence-corrected chi connectivity index (χ3v) is 1.39. The van der Waals surface area contributed by atoms with Crippen LogP contribution in [0.5, 0.6) is 0 Å². The van der Waals surface area contributed by atoms with Crippen LogP contribution in [0, 0.1) is 4.91 Å². The zero-order valence-corrected chi connectivity index (χ0v) is 7.57. The summed E-state index contributed by atoms with van der Waals surface area (Å²) >= 11 is 0. The maximum atomic E-state index is 10.8. The van der Waals surface area contributed by atoms with Crippen LogP contribution >= 0.6 is 0 Å². The van der Waals surface area contributed by atoms with Crippen LogP contribution < -0.4 is 5.18 Å². The number of carbonyl (C=O) groups is 1. The van der Waals surface area contributed by atoms with Gasteiger partial charge >= 0.3 is 0 Å². The SMILES string of the molecule is CC(=O)c1cccc([NH+]=O)c1.CO. The maximum absolute atomic E-state index is 10.8. The summed E-state index contributed by atoms with van der Waals surface area (Å²) in [6, 6.07) is 6.47. The first kappa shape index (κ1) is 11.4. The van der Waals surface area contributed by atoms with Crippen LogP contribution in [0.4, 0.5) is 5.69 Å². The number of rotatable bonds is 2. The Morgan fingerprint density at radius 1 is 1.38 bits per heavy atom. The monoisotopic (exact) mass is 182 g/mol. The minimum Gasteiger partial charge on any atom is -0.400 e. The lowest BCUT2D eigenvalue weighted by Gasteiger charge is -1.90. The number of benzene rings is 1. The van der Waals surface area contributed by atoms with Crippen molar-refractivity contribution in [3.05, 3.63) is 34.7 Å². The summed E-state index contributed by atoms with van der Waals surface area (Å²) in [5.74, 6) is -0.0397. The molecule has 0 heterocycles. The Labute approximate surface area is 76.2 Å². The topological polar surface area (TPSA) is 68.3 Å². The van der Waals surface area contributed by atoms with Crippen LogP contribution in [0.1, 0.15) is 17.3 Å². The maximum Gasteiger partial charge on any atom is 0.254 e. The summed E-state index contributed by atoms with van der Waals surface area (Å²) in [4.78, 5) is 20.9. The molecule has 0 aliphatic carbocycles. The van der Waals surface area contributed by atoms with Crippen molar-refractivity contribution in [3.8, 4) is 0 Å². The molecule has 0 fully saturated rings. The number of nitrogens with one attached hydrogen (secondary N) is 1. The Morgan fingerprint density at radius 2 is 2.00 bits per heavy atom. The summed E-state index contributed by atoms with van der Waals surface area (Å²) in [7, 11) is 1.00. The number of hydrogen-bond donors (Lipinski definition) is 2. The van der Waals surface area contributed by atoms with Crippen molar-refractivity contribution in [2.24, 2.45) is 0 Å². The van der Waals surface area contributed by atoms with Gasteiger partial charge in [0.15, 0.2) is 5.78 Å². The third kappa shape index (κ3) is 3.57. The van der Waals surface area contributed by atoms with E-state index < -0.39 is 0 Å². The molecule has 2 N–H and O–H groups in total. The Morgan fingerprint density at radius 3 is 2.46 bits per heavy atom. The second kappa shape index (κ2) is 6.02. The predicted octanol–water partition coefficient (Wildman–Crippen LogP) is -0.0238. The summed E-state index contributed by atoms with van der Waals surface area (Å²) in [5, 5.41) is 8.72. The zero-order chi connectivity index (χ0) is 10.3. The van der Waals surface area contributed by atoms with Gasteiger partial charge in [-0.25, -0.2) is 0 Å². The first-order valence-electron chi connectivity index (χ1n) is 3.68. The molecule has 0 aliphatic heterocycles. The first-order chi connectivity index (χ1) is 6.24. The molecule has 0 aliphatic rings. The van der Waals surface area contributed by atoms with E-state index >= 15 is 0 Å². The van der Waals surface area contributed by atoms with Gasteiger partial charge in [0, 0.05) is 34.9 Å². The summed E-state index contributed by atoms with van der Waals surface area (Å²) in [6.07, 6.45) is 0. The van der Waals surface area contributed by atoms with E-state index in [1.807, 2.05) is 0 Å². The van der Waals surface area contributed by atoms with Crippen molar-refractivity contribution in [1.82, 2.24) is 0 Å². The fourth-order valence-electron chi connectivity index (χ4n) is 0.802. The van der Waals surface area contributed by atoms with E-state index in [9.17, 15) is 9.70 Å². The molecule has 1 aromatic rings. The quantitative estimate of drug-likeness (QED) is 0.631. The zero-order valence-electron chi connectivity index (χ0n) is 7.57. The van der Waals surface area contributed by atoms with Gasteiger partial charge in [0.25, 0.3) is 5.69 Å². The molecule has 0 atom stereocenters. The lowest BCUT2D eigenvalue weighted by atomic mass is 10.1.